The largest absolute Gasteiger partial charge is 0.379 e. The molecule has 4 nitrogen and oxygen atoms in total. The Hall–Kier alpha value is -1.10. The number of morpholine rings is 1. The lowest BCUT2D eigenvalue weighted by Crippen LogP contribution is -2.44. The van der Waals surface area contributed by atoms with Gasteiger partial charge in [0.25, 0.3) is 0 Å². The van der Waals surface area contributed by atoms with Crippen molar-refractivity contribution in [1.82, 2.24) is 10.2 Å². The summed E-state index contributed by atoms with van der Waals surface area (Å²) in [5.74, 6) is 0.461. The monoisotopic (exact) mass is 324 g/mol. The van der Waals surface area contributed by atoms with Crippen molar-refractivity contribution in [1.29, 1.82) is 0 Å². The van der Waals surface area contributed by atoms with Gasteiger partial charge in [0, 0.05) is 31.1 Å². The Morgan fingerprint density at radius 1 is 1.32 bits per heavy atom. The molecule has 1 aromatic carbocycles. The molecule has 1 aromatic rings. The molecule has 1 aliphatic rings. The number of nitrogens with one attached hydrogen (secondary N) is 1. The number of halogens is 1. The average molecular weight is 325 g/mol. The normalized spacial score (nSPS) is 17.5. The number of rotatable bonds is 6. The lowest BCUT2D eigenvalue weighted by Gasteiger charge is -2.35. The highest BCUT2D eigenvalue weighted by atomic mass is 35.5. The number of ether oxygens (including phenoxy) is 1. The SMILES string of the molecule is CC(C)CC(=O)NC[C@@H](c1ccccc1Cl)N1CCOCC1. The van der Waals surface area contributed by atoms with Gasteiger partial charge in [-0.2, -0.15) is 0 Å². The van der Waals surface area contributed by atoms with Crippen LogP contribution in [0.15, 0.2) is 24.3 Å². The van der Waals surface area contributed by atoms with Gasteiger partial charge in [-0.05, 0) is 17.5 Å². The van der Waals surface area contributed by atoms with Crippen LogP contribution >= 0.6 is 11.6 Å². The molecule has 1 N–H and O–H groups in total. The van der Waals surface area contributed by atoms with E-state index in [1.807, 2.05) is 38.1 Å². The fourth-order valence-electron chi connectivity index (χ4n) is 2.72. The van der Waals surface area contributed by atoms with E-state index < -0.39 is 0 Å². The maximum atomic E-state index is 12.0. The van der Waals surface area contributed by atoms with Gasteiger partial charge < -0.3 is 10.1 Å². The van der Waals surface area contributed by atoms with Crippen LogP contribution in [0, 0.1) is 5.92 Å². The van der Waals surface area contributed by atoms with E-state index in [2.05, 4.69) is 10.2 Å². The number of hydrogen-bond acceptors (Lipinski definition) is 3. The quantitative estimate of drug-likeness (QED) is 0.875. The first kappa shape index (κ1) is 17.3. The van der Waals surface area contributed by atoms with E-state index in [1.54, 1.807) is 0 Å². The van der Waals surface area contributed by atoms with Crippen molar-refractivity contribution in [3.05, 3.63) is 34.9 Å². The lowest BCUT2D eigenvalue weighted by atomic mass is 10.0. The molecule has 122 valence electrons. The molecule has 22 heavy (non-hydrogen) atoms. The summed E-state index contributed by atoms with van der Waals surface area (Å²) in [7, 11) is 0. The summed E-state index contributed by atoms with van der Waals surface area (Å²) in [5.41, 5.74) is 1.07. The van der Waals surface area contributed by atoms with Crippen LogP contribution in [0.2, 0.25) is 5.02 Å². The first-order valence-electron chi connectivity index (χ1n) is 7.91. The number of benzene rings is 1. The van der Waals surface area contributed by atoms with Crippen molar-refractivity contribution in [2.45, 2.75) is 26.3 Å². The Labute approximate surface area is 137 Å². The Bertz CT molecular complexity index is 487. The van der Waals surface area contributed by atoms with Gasteiger partial charge in [0.15, 0.2) is 0 Å². The molecule has 1 atom stereocenters. The Morgan fingerprint density at radius 3 is 2.64 bits per heavy atom. The second-order valence-electron chi connectivity index (χ2n) is 6.09. The van der Waals surface area contributed by atoms with E-state index in [0.29, 0.717) is 18.9 Å². The van der Waals surface area contributed by atoms with Crippen LogP contribution < -0.4 is 5.32 Å². The minimum absolute atomic E-state index is 0.0914. The second-order valence-corrected chi connectivity index (χ2v) is 6.49. The minimum Gasteiger partial charge on any atom is -0.379 e. The van der Waals surface area contributed by atoms with E-state index in [-0.39, 0.29) is 11.9 Å². The van der Waals surface area contributed by atoms with E-state index >= 15 is 0 Å². The number of carbonyl (C=O) groups is 1. The topological polar surface area (TPSA) is 41.6 Å². The van der Waals surface area contributed by atoms with E-state index in [1.165, 1.54) is 0 Å². The van der Waals surface area contributed by atoms with Crippen LogP contribution in [-0.2, 0) is 9.53 Å². The van der Waals surface area contributed by atoms with Gasteiger partial charge in [0.1, 0.15) is 0 Å². The summed E-state index contributed by atoms with van der Waals surface area (Å²) in [4.78, 5) is 14.3. The Morgan fingerprint density at radius 2 is 2.00 bits per heavy atom. The molecule has 0 saturated carbocycles. The van der Waals surface area contributed by atoms with Crippen molar-refractivity contribution >= 4 is 17.5 Å². The summed E-state index contributed by atoms with van der Waals surface area (Å²) in [6.45, 7) is 7.84. The second kappa shape index (κ2) is 8.51. The molecule has 2 rings (SSSR count). The third-order valence-electron chi connectivity index (χ3n) is 3.84. The zero-order valence-electron chi connectivity index (χ0n) is 13.3. The van der Waals surface area contributed by atoms with Crippen LogP contribution in [0.3, 0.4) is 0 Å². The Balaban J connectivity index is 2.08. The maximum Gasteiger partial charge on any atom is 0.220 e. The summed E-state index contributed by atoms with van der Waals surface area (Å²) in [5, 5.41) is 3.80. The molecular weight excluding hydrogens is 300 g/mol. The maximum absolute atomic E-state index is 12.0. The number of carbonyl (C=O) groups excluding carboxylic acids is 1. The molecule has 0 unspecified atom stereocenters. The van der Waals surface area contributed by atoms with Crippen molar-refractivity contribution in [2.75, 3.05) is 32.8 Å². The molecule has 0 spiro atoms. The van der Waals surface area contributed by atoms with Crippen LogP contribution in [0.5, 0.6) is 0 Å². The van der Waals surface area contributed by atoms with Gasteiger partial charge in [0.2, 0.25) is 5.91 Å². The highest BCUT2D eigenvalue weighted by Gasteiger charge is 2.24. The van der Waals surface area contributed by atoms with Crippen molar-refractivity contribution < 1.29 is 9.53 Å². The summed E-state index contributed by atoms with van der Waals surface area (Å²) >= 11 is 6.37. The zero-order chi connectivity index (χ0) is 15.9. The summed E-state index contributed by atoms with van der Waals surface area (Å²) in [6.07, 6.45) is 0.554. The van der Waals surface area contributed by atoms with Crippen LogP contribution in [-0.4, -0.2) is 43.7 Å². The van der Waals surface area contributed by atoms with Gasteiger partial charge >= 0.3 is 0 Å². The van der Waals surface area contributed by atoms with Crippen molar-refractivity contribution in [3.63, 3.8) is 0 Å². The molecular formula is C17H25ClN2O2. The molecule has 0 aromatic heterocycles. The molecule has 1 aliphatic heterocycles. The summed E-state index contributed by atoms with van der Waals surface area (Å²) in [6, 6.07) is 7.95. The minimum atomic E-state index is 0.0914. The Kier molecular flexibility index (Phi) is 6.68. The zero-order valence-corrected chi connectivity index (χ0v) is 14.1. The fraction of sp³-hybridized carbons (Fsp3) is 0.588. The third-order valence-corrected chi connectivity index (χ3v) is 4.18. The molecule has 1 heterocycles. The highest BCUT2D eigenvalue weighted by molar-refractivity contribution is 6.31. The molecule has 0 radical (unpaired) electrons. The molecule has 1 saturated heterocycles. The third kappa shape index (κ3) is 4.97. The van der Waals surface area contributed by atoms with Gasteiger partial charge in [-0.25, -0.2) is 0 Å². The van der Waals surface area contributed by atoms with Gasteiger partial charge in [-0.15, -0.1) is 0 Å². The van der Waals surface area contributed by atoms with E-state index in [0.717, 1.165) is 36.9 Å². The van der Waals surface area contributed by atoms with Crippen LogP contribution in [0.1, 0.15) is 31.9 Å². The van der Waals surface area contributed by atoms with Crippen LogP contribution in [0.25, 0.3) is 0 Å². The molecule has 5 heteroatoms. The molecule has 1 fully saturated rings. The molecule has 1 amide bonds. The van der Waals surface area contributed by atoms with E-state index in [4.69, 9.17) is 16.3 Å². The lowest BCUT2D eigenvalue weighted by molar-refractivity contribution is -0.122. The summed E-state index contributed by atoms with van der Waals surface area (Å²) < 4.78 is 5.43. The predicted octanol–water partition coefficient (Wildman–Crippen LogP) is 2.88. The first-order valence-corrected chi connectivity index (χ1v) is 8.28. The average Bonchev–Trinajstić information content (AvgIpc) is 2.49. The number of amides is 1. The van der Waals surface area contributed by atoms with Gasteiger partial charge in [-0.3, -0.25) is 9.69 Å². The number of hydrogen-bond donors (Lipinski definition) is 1. The van der Waals surface area contributed by atoms with Gasteiger partial charge in [-0.1, -0.05) is 43.6 Å². The van der Waals surface area contributed by atoms with Gasteiger partial charge in [0.05, 0.1) is 19.3 Å². The number of nitrogens with zero attached hydrogens (tertiary/aromatic N) is 1. The molecule has 0 bridgehead atoms. The first-order chi connectivity index (χ1) is 10.6. The predicted molar refractivity (Wildman–Crippen MR) is 89.0 cm³/mol. The highest BCUT2D eigenvalue weighted by Crippen LogP contribution is 2.27. The van der Waals surface area contributed by atoms with Crippen molar-refractivity contribution in [2.24, 2.45) is 5.92 Å². The smallest absolute Gasteiger partial charge is 0.220 e. The van der Waals surface area contributed by atoms with Crippen LogP contribution in [0.4, 0.5) is 0 Å². The standard InChI is InChI=1S/C17H25ClN2O2/c1-13(2)11-17(21)19-12-16(20-7-9-22-10-8-20)14-5-3-4-6-15(14)18/h3-6,13,16H,7-12H2,1-2H3,(H,19,21)/t16-/m0/s1. The fourth-order valence-corrected chi connectivity index (χ4v) is 2.99. The van der Waals surface area contributed by atoms with Crippen molar-refractivity contribution in [3.8, 4) is 0 Å². The van der Waals surface area contributed by atoms with E-state index in [9.17, 15) is 4.79 Å². The molecule has 0 aliphatic carbocycles.